The van der Waals surface area contributed by atoms with Gasteiger partial charge in [0.25, 0.3) is 0 Å². The maximum absolute atomic E-state index is 6.12. The van der Waals surface area contributed by atoms with Crippen LogP contribution in [0.2, 0.25) is 10.2 Å². The molecule has 0 spiro atoms. The zero-order valence-corrected chi connectivity index (χ0v) is 12.2. The summed E-state index contributed by atoms with van der Waals surface area (Å²) < 4.78 is 0. The van der Waals surface area contributed by atoms with E-state index in [-0.39, 0.29) is 0 Å². The highest BCUT2D eigenvalue weighted by Crippen LogP contribution is 2.32. The molecule has 0 radical (unpaired) electrons. The first-order valence-electron chi connectivity index (χ1n) is 5.65. The number of aryl methyl sites for hydroxylation is 1. The molecule has 0 aliphatic heterocycles. The fraction of sp³-hybridized carbons (Fsp3) is 0.231. The Hall–Kier alpha value is -0.770. The van der Waals surface area contributed by atoms with Crippen LogP contribution in [0.25, 0.3) is 0 Å². The Morgan fingerprint density at radius 2 is 1.94 bits per heavy atom. The molecule has 0 unspecified atom stereocenters. The van der Waals surface area contributed by atoms with E-state index in [2.05, 4.69) is 16.9 Å². The van der Waals surface area contributed by atoms with E-state index < -0.39 is 0 Å². The predicted octanol–water partition coefficient (Wildman–Crippen LogP) is 4.89. The SMILES string of the molecule is CCCc1nc(Cl)cc(Sc2ccccc2Cl)n1. The van der Waals surface area contributed by atoms with Crippen molar-refractivity contribution in [2.45, 2.75) is 29.7 Å². The second kappa shape index (κ2) is 6.41. The maximum atomic E-state index is 6.12. The Bertz CT molecular complexity index is 546. The predicted molar refractivity (Wildman–Crippen MR) is 76.6 cm³/mol. The molecule has 18 heavy (non-hydrogen) atoms. The highest BCUT2D eigenvalue weighted by molar-refractivity contribution is 7.99. The number of hydrogen-bond donors (Lipinski definition) is 0. The van der Waals surface area contributed by atoms with Gasteiger partial charge in [0.2, 0.25) is 0 Å². The summed E-state index contributed by atoms with van der Waals surface area (Å²) in [5, 5.41) is 2.02. The summed E-state index contributed by atoms with van der Waals surface area (Å²) in [4.78, 5) is 9.63. The maximum Gasteiger partial charge on any atom is 0.133 e. The molecule has 0 aliphatic carbocycles. The Morgan fingerprint density at radius 1 is 1.17 bits per heavy atom. The second-order valence-electron chi connectivity index (χ2n) is 3.73. The van der Waals surface area contributed by atoms with E-state index in [1.54, 1.807) is 6.07 Å². The summed E-state index contributed by atoms with van der Waals surface area (Å²) in [5.74, 6) is 0.777. The normalized spacial score (nSPS) is 10.6. The zero-order chi connectivity index (χ0) is 13.0. The zero-order valence-electron chi connectivity index (χ0n) is 9.86. The Labute approximate surface area is 121 Å². The molecule has 0 atom stereocenters. The fourth-order valence-corrected chi connectivity index (χ4v) is 2.85. The van der Waals surface area contributed by atoms with Crippen molar-refractivity contribution in [3.8, 4) is 0 Å². The number of aromatic nitrogens is 2. The number of halogens is 2. The lowest BCUT2D eigenvalue weighted by Gasteiger charge is -2.05. The lowest BCUT2D eigenvalue weighted by molar-refractivity contribution is 0.810. The van der Waals surface area contributed by atoms with E-state index in [9.17, 15) is 0 Å². The van der Waals surface area contributed by atoms with Crippen molar-refractivity contribution >= 4 is 35.0 Å². The molecule has 2 nitrogen and oxygen atoms in total. The van der Waals surface area contributed by atoms with Crippen molar-refractivity contribution in [2.75, 3.05) is 0 Å². The molecule has 5 heteroatoms. The Balaban J connectivity index is 2.26. The molecule has 0 aliphatic rings. The van der Waals surface area contributed by atoms with E-state index >= 15 is 0 Å². The number of rotatable bonds is 4. The van der Waals surface area contributed by atoms with Gasteiger partial charge in [0.15, 0.2) is 0 Å². The summed E-state index contributed by atoms with van der Waals surface area (Å²) in [6, 6.07) is 9.43. The first-order chi connectivity index (χ1) is 8.69. The molecule has 0 amide bonds. The summed E-state index contributed by atoms with van der Waals surface area (Å²) in [7, 11) is 0. The average Bonchev–Trinajstić information content (AvgIpc) is 2.32. The van der Waals surface area contributed by atoms with Crippen molar-refractivity contribution in [3.63, 3.8) is 0 Å². The molecular formula is C13H12Cl2N2S. The molecule has 2 aromatic rings. The van der Waals surface area contributed by atoms with Crippen molar-refractivity contribution in [1.82, 2.24) is 9.97 Å². The number of nitrogens with zero attached hydrogens (tertiary/aromatic N) is 2. The standard InChI is InChI=1S/C13H12Cl2N2S/c1-2-5-12-16-11(15)8-13(17-12)18-10-7-4-3-6-9(10)14/h3-4,6-8H,2,5H2,1H3. The van der Waals surface area contributed by atoms with Crippen LogP contribution in [0.3, 0.4) is 0 Å². The van der Waals surface area contributed by atoms with E-state index in [0.717, 1.165) is 28.6 Å². The smallest absolute Gasteiger partial charge is 0.133 e. The lowest BCUT2D eigenvalue weighted by Crippen LogP contribution is -1.96. The lowest BCUT2D eigenvalue weighted by atomic mass is 10.3. The van der Waals surface area contributed by atoms with Crippen molar-refractivity contribution in [3.05, 3.63) is 46.3 Å². The Morgan fingerprint density at radius 3 is 2.67 bits per heavy atom. The van der Waals surface area contributed by atoms with Crippen LogP contribution in [0, 0.1) is 0 Å². The van der Waals surface area contributed by atoms with E-state index in [1.165, 1.54) is 11.8 Å². The molecule has 0 bridgehead atoms. The van der Waals surface area contributed by atoms with Gasteiger partial charge in [-0.05, 0) is 18.6 Å². The number of benzene rings is 1. The van der Waals surface area contributed by atoms with Crippen molar-refractivity contribution < 1.29 is 0 Å². The third-order valence-corrected chi connectivity index (χ3v) is 3.87. The average molecular weight is 299 g/mol. The first-order valence-corrected chi connectivity index (χ1v) is 7.22. The molecule has 0 N–H and O–H groups in total. The van der Waals surface area contributed by atoms with Crippen LogP contribution in [0.1, 0.15) is 19.2 Å². The fourth-order valence-electron chi connectivity index (χ4n) is 1.47. The first kappa shape index (κ1) is 13.7. The molecule has 1 aromatic heterocycles. The van der Waals surface area contributed by atoms with Gasteiger partial charge in [-0.1, -0.05) is 54.0 Å². The largest absolute Gasteiger partial charge is 0.226 e. The quantitative estimate of drug-likeness (QED) is 0.752. The van der Waals surface area contributed by atoms with Gasteiger partial charge in [0, 0.05) is 17.4 Å². The van der Waals surface area contributed by atoms with Gasteiger partial charge in [-0.2, -0.15) is 0 Å². The van der Waals surface area contributed by atoms with Gasteiger partial charge < -0.3 is 0 Å². The third kappa shape index (κ3) is 3.61. The van der Waals surface area contributed by atoms with Crippen LogP contribution in [-0.2, 0) is 6.42 Å². The molecule has 2 rings (SSSR count). The summed E-state index contributed by atoms with van der Waals surface area (Å²) in [5.41, 5.74) is 0. The van der Waals surface area contributed by atoms with E-state index in [4.69, 9.17) is 23.2 Å². The van der Waals surface area contributed by atoms with Crippen molar-refractivity contribution in [2.24, 2.45) is 0 Å². The van der Waals surface area contributed by atoms with Crippen LogP contribution in [0.5, 0.6) is 0 Å². The van der Waals surface area contributed by atoms with Crippen LogP contribution in [0.15, 0.2) is 40.3 Å². The van der Waals surface area contributed by atoms with Gasteiger partial charge in [-0.3, -0.25) is 0 Å². The third-order valence-electron chi connectivity index (χ3n) is 2.24. The second-order valence-corrected chi connectivity index (χ2v) is 5.58. The van der Waals surface area contributed by atoms with Crippen LogP contribution in [-0.4, -0.2) is 9.97 Å². The molecule has 0 saturated heterocycles. The van der Waals surface area contributed by atoms with E-state index in [1.807, 2.05) is 24.3 Å². The Kier molecular flexibility index (Phi) is 4.87. The number of hydrogen-bond acceptors (Lipinski definition) is 3. The monoisotopic (exact) mass is 298 g/mol. The van der Waals surface area contributed by atoms with Gasteiger partial charge >= 0.3 is 0 Å². The molecule has 1 aromatic carbocycles. The molecule has 1 heterocycles. The highest BCUT2D eigenvalue weighted by Gasteiger charge is 2.07. The van der Waals surface area contributed by atoms with Crippen molar-refractivity contribution in [1.29, 1.82) is 0 Å². The minimum Gasteiger partial charge on any atom is -0.226 e. The molecular weight excluding hydrogens is 287 g/mol. The molecule has 0 saturated carbocycles. The summed E-state index contributed by atoms with van der Waals surface area (Å²) in [6.45, 7) is 2.09. The van der Waals surface area contributed by atoms with Crippen LogP contribution >= 0.6 is 35.0 Å². The van der Waals surface area contributed by atoms with Gasteiger partial charge in [0.05, 0.1) is 5.02 Å². The summed E-state index contributed by atoms with van der Waals surface area (Å²) in [6.07, 6.45) is 1.83. The topological polar surface area (TPSA) is 25.8 Å². The van der Waals surface area contributed by atoms with Gasteiger partial charge in [0.1, 0.15) is 16.0 Å². The van der Waals surface area contributed by atoms with Gasteiger partial charge in [-0.15, -0.1) is 0 Å². The van der Waals surface area contributed by atoms with Crippen LogP contribution in [0.4, 0.5) is 0 Å². The highest BCUT2D eigenvalue weighted by atomic mass is 35.5. The minimum atomic E-state index is 0.475. The minimum absolute atomic E-state index is 0.475. The molecule has 0 fully saturated rings. The molecule has 94 valence electrons. The van der Waals surface area contributed by atoms with Gasteiger partial charge in [-0.25, -0.2) is 9.97 Å². The van der Waals surface area contributed by atoms with E-state index in [0.29, 0.717) is 10.2 Å². The van der Waals surface area contributed by atoms with Crippen LogP contribution < -0.4 is 0 Å². The summed E-state index contributed by atoms with van der Waals surface area (Å²) >= 11 is 13.6.